The van der Waals surface area contributed by atoms with E-state index in [4.69, 9.17) is 9.26 Å². The highest BCUT2D eigenvalue weighted by molar-refractivity contribution is 5.91. The van der Waals surface area contributed by atoms with Gasteiger partial charge in [0.15, 0.2) is 5.76 Å². The third-order valence-corrected chi connectivity index (χ3v) is 5.92. The number of urea groups is 1. The van der Waals surface area contributed by atoms with Crippen molar-refractivity contribution in [3.63, 3.8) is 0 Å². The maximum absolute atomic E-state index is 12.9. The Morgan fingerprint density at radius 2 is 2.21 bits per heavy atom. The van der Waals surface area contributed by atoms with Gasteiger partial charge in [0.1, 0.15) is 5.75 Å². The van der Waals surface area contributed by atoms with Gasteiger partial charge in [0.05, 0.1) is 31.1 Å². The first kappa shape index (κ1) is 19.7. The van der Waals surface area contributed by atoms with E-state index in [0.29, 0.717) is 37.7 Å². The fourth-order valence-electron chi connectivity index (χ4n) is 4.55. The number of likely N-dealkylation sites (tertiary alicyclic amines) is 2. The fraction of sp³-hybridized carbons (Fsp3) is 0.524. The maximum atomic E-state index is 12.9. The van der Waals surface area contributed by atoms with Gasteiger partial charge < -0.3 is 24.6 Å². The van der Waals surface area contributed by atoms with Crippen LogP contribution in [0.25, 0.3) is 0 Å². The zero-order valence-electron chi connectivity index (χ0n) is 16.9. The number of carbonyl (C=O) groups excluding carboxylic acids is 1. The van der Waals surface area contributed by atoms with Crippen molar-refractivity contribution < 1.29 is 19.2 Å². The van der Waals surface area contributed by atoms with E-state index < -0.39 is 0 Å². The van der Waals surface area contributed by atoms with Crippen molar-refractivity contribution in [2.75, 3.05) is 44.7 Å². The van der Waals surface area contributed by atoms with Crippen LogP contribution in [-0.4, -0.2) is 65.5 Å². The van der Waals surface area contributed by atoms with E-state index in [0.717, 1.165) is 24.5 Å². The second kappa shape index (κ2) is 8.04. The molecule has 29 heavy (non-hydrogen) atoms. The minimum absolute atomic E-state index is 0.0584. The smallest absolute Gasteiger partial charge is 0.321 e. The standard InChI is InChI=1S/C21H28N4O4/c1-3-28-19-7-5-4-6-18(19)22-20(27)25-10-16-9-24(12-21(16,13-25)14-26)11-17-8-15(2)23-29-17/h4-8,16,26H,3,9-14H2,1-2H3,(H,22,27). The van der Waals surface area contributed by atoms with E-state index in [-0.39, 0.29) is 24.0 Å². The van der Waals surface area contributed by atoms with Gasteiger partial charge in [-0.1, -0.05) is 17.3 Å². The summed E-state index contributed by atoms with van der Waals surface area (Å²) in [5, 5.41) is 17.1. The summed E-state index contributed by atoms with van der Waals surface area (Å²) in [6.07, 6.45) is 0. The molecule has 2 aliphatic heterocycles. The molecule has 3 heterocycles. The Bertz CT molecular complexity index is 870. The summed E-state index contributed by atoms with van der Waals surface area (Å²) in [6.45, 7) is 7.78. The van der Waals surface area contributed by atoms with Crippen LogP contribution < -0.4 is 10.1 Å². The van der Waals surface area contributed by atoms with Crippen molar-refractivity contribution in [3.8, 4) is 5.75 Å². The van der Waals surface area contributed by atoms with Gasteiger partial charge in [0, 0.05) is 43.6 Å². The monoisotopic (exact) mass is 400 g/mol. The molecule has 2 N–H and O–H groups in total. The van der Waals surface area contributed by atoms with Crippen molar-refractivity contribution in [1.82, 2.24) is 15.0 Å². The van der Waals surface area contributed by atoms with E-state index >= 15 is 0 Å². The molecule has 1 aromatic heterocycles. The predicted octanol–water partition coefficient (Wildman–Crippen LogP) is 2.34. The summed E-state index contributed by atoms with van der Waals surface area (Å²) in [5.41, 5.74) is 1.23. The molecular formula is C21H28N4O4. The zero-order chi connectivity index (χ0) is 20.4. The number of rotatable bonds is 6. The minimum Gasteiger partial charge on any atom is -0.492 e. The van der Waals surface area contributed by atoms with Crippen LogP contribution in [0.1, 0.15) is 18.4 Å². The van der Waals surface area contributed by atoms with Gasteiger partial charge in [-0.3, -0.25) is 4.90 Å². The Morgan fingerprint density at radius 1 is 1.38 bits per heavy atom. The number of para-hydroxylation sites is 2. The molecule has 0 saturated carbocycles. The molecule has 2 aromatic rings. The first-order valence-electron chi connectivity index (χ1n) is 10.1. The lowest BCUT2D eigenvalue weighted by molar-refractivity contribution is 0.113. The molecule has 8 heteroatoms. The summed E-state index contributed by atoms with van der Waals surface area (Å²) < 4.78 is 10.9. The number of anilines is 1. The van der Waals surface area contributed by atoms with Gasteiger partial charge in [0.25, 0.3) is 0 Å². The Kier molecular flexibility index (Phi) is 5.47. The molecule has 0 spiro atoms. The number of nitrogens with zero attached hydrogens (tertiary/aromatic N) is 3. The molecule has 2 fully saturated rings. The molecule has 8 nitrogen and oxygen atoms in total. The SMILES string of the molecule is CCOc1ccccc1NC(=O)N1CC2CN(Cc3cc(C)no3)CC2(CO)C1. The van der Waals surface area contributed by atoms with Crippen molar-refractivity contribution in [1.29, 1.82) is 0 Å². The van der Waals surface area contributed by atoms with Crippen LogP contribution in [0.3, 0.4) is 0 Å². The second-order valence-electron chi connectivity index (χ2n) is 8.06. The molecule has 156 valence electrons. The van der Waals surface area contributed by atoms with E-state index in [2.05, 4.69) is 15.4 Å². The summed E-state index contributed by atoms with van der Waals surface area (Å²) in [5.74, 6) is 1.72. The lowest BCUT2D eigenvalue weighted by Crippen LogP contribution is -2.40. The number of aromatic nitrogens is 1. The van der Waals surface area contributed by atoms with E-state index in [1.54, 1.807) is 4.90 Å². The second-order valence-corrected chi connectivity index (χ2v) is 8.06. The number of benzene rings is 1. The number of aliphatic hydroxyl groups excluding tert-OH is 1. The van der Waals surface area contributed by atoms with Gasteiger partial charge in [-0.25, -0.2) is 4.79 Å². The van der Waals surface area contributed by atoms with Crippen molar-refractivity contribution >= 4 is 11.7 Å². The molecule has 0 radical (unpaired) electrons. The van der Waals surface area contributed by atoms with Crippen molar-refractivity contribution in [3.05, 3.63) is 41.8 Å². The summed E-state index contributed by atoms with van der Waals surface area (Å²) in [6, 6.07) is 9.21. The minimum atomic E-state index is -0.300. The van der Waals surface area contributed by atoms with Crippen molar-refractivity contribution in [2.45, 2.75) is 20.4 Å². The topological polar surface area (TPSA) is 91.1 Å². The Balaban J connectivity index is 1.40. The molecule has 2 saturated heterocycles. The van der Waals surface area contributed by atoms with Crippen LogP contribution >= 0.6 is 0 Å². The number of aryl methyl sites for hydroxylation is 1. The van der Waals surface area contributed by atoms with Crippen LogP contribution in [0.5, 0.6) is 5.75 Å². The quantitative estimate of drug-likeness (QED) is 0.773. The molecule has 4 rings (SSSR count). The van der Waals surface area contributed by atoms with E-state index in [1.807, 2.05) is 44.2 Å². The van der Waals surface area contributed by atoms with Crippen LogP contribution in [-0.2, 0) is 6.54 Å². The van der Waals surface area contributed by atoms with Crippen LogP contribution in [0.4, 0.5) is 10.5 Å². The summed E-state index contributed by atoms with van der Waals surface area (Å²) >= 11 is 0. The van der Waals surface area contributed by atoms with Crippen LogP contribution in [0.2, 0.25) is 0 Å². The summed E-state index contributed by atoms with van der Waals surface area (Å²) in [7, 11) is 0. The highest BCUT2D eigenvalue weighted by atomic mass is 16.5. The molecule has 1 aromatic carbocycles. The highest BCUT2D eigenvalue weighted by Gasteiger charge is 2.53. The fourth-order valence-corrected chi connectivity index (χ4v) is 4.55. The molecule has 2 amide bonds. The predicted molar refractivity (Wildman–Crippen MR) is 108 cm³/mol. The third-order valence-electron chi connectivity index (χ3n) is 5.92. The van der Waals surface area contributed by atoms with Crippen LogP contribution in [0.15, 0.2) is 34.9 Å². The van der Waals surface area contributed by atoms with Gasteiger partial charge >= 0.3 is 6.03 Å². The number of ether oxygens (including phenoxy) is 1. The van der Waals surface area contributed by atoms with Crippen molar-refractivity contribution in [2.24, 2.45) is 11.3 Å². The lowest BCUT2D eigenvalue weighted by atomic mass is 9.82. The first-order chi connectivity index (χ1) is 14.0. The van der Waals surface area contributed by atoms with Gasteiger partial charge in [-0.15, -0.1) is 0 Å². The average Bonchev–Trinajstić information content (AvgIpc) is 3.36. The number of fused-ring (bicyclic) bond motifs is 1. The lowest BCUT2D eigenvalue weighted by Gasteiger charge is -2.27. The van der Waals surface area contributed by atoms with E-state index in [1.165, 1.54) is 0 Å². The molecule has 2 aliphatic rings. The molecule has 2 atom stereocenters. The number of aliphatic hydroxyl groups is 1. The zero-order valence-corrected chi connectivity index (χ0v) is 16.9. The van der Waals surface area contributed by atoms with Gasteiger partial charge in [-0.05, 0) is 26.0 Å². The van der Waals surface area contributed by atoms with Gasteiger partial charge in [-0.2, -0.15) is 0 Å². The molecule has 0 bridgehead atoms. The number of hydrogen-bond acceptors (Lipinski definition) is 6. The molecular weight excluding hydrogens is 372 g/mol. The number of carbonyl (C=O) groups is 1. The molecule has 0 aliphatic carbocycles. The largest absolute Gasteiger partial charge is 0.492 e. The number of nitrogens with one attached hydrogen (secondary N) is 1. The Labute approximate surface area is 170 Å². The van der Waals surface area contributed by atoms with E-state index in [9.17, 15) is 9.90 Å². The molecule has 2 unspecified atom stereocenters. The average molecular weight is 400 g/mol. The summed E-state index contributed by atoms with van der Waals surface area (Å²) in [4.78, 5) is 17.0. The van der Waals surface area contributed by atoms with Gasteiger partial charge in [0.2, 0.25) is 0 Å². The Morgan fingerprint density at radius 3 is 2.90 bits per heavy atom. The van der Waals surface area contributed by atoms with Crippen LogP contribution in [0, 0.1) is 18.3 Å². The number of hydrogen-bond donors (Lipinski definition) is 2. The normalized spacial score (nSPS) is 24.0. The highest BCUT2D eigenvalue weighted by Crippen LogP contribution is 2.43. The number of amides is 2. The Hall–Kier alpha value is -2.58. The maximum Gasteiger partial charge on any atom is 0.321 e. The first-order valence-corrected chi connectivity index (χ1v) is 10.1. The third kappa shape index (κ3) is 3.95.